The molecule has 16 heavy (non-hydrogen) atoms. The Morgan fingerprint density at radius 3 is 2.19 bits per heavy atom. The molecular formula is C8H8F6O2. The standard InChI is InChI=1S/C8H8F6O2/c1-2-5(15)16-4-3-7(11,12)8(13,14)6(9)10/h2,6H,1,3-4H2. The van der Waals surface area contributed by atoms with Gasteiger partial charge in [-0.3, -0.25) is 0 Å². The molecule has 8 heteroatoms. The van der Waals surface area contributed by atoms with Crippen molar-refractivity contribution < 1.29 is 35.9 Å². The zero-order chi connectivity index (χ0) is 13.0. The van der Waals surface area contributed by atoms with Gasteiger partial charge in [0.15, 0.2) is 0 Å². The molecule has 0 aliphatic rings. The SMILES string of the molecule is C=CC(=O)OCCC(F)(F)C(F)(F)C(F)F. The summed E-state index contributed by atoms with van der Waals surface area (Å²) < 4.78 is 76.9. The van der Waals surface area contributed by atoms with E-state index in [1.165, 1.54) is 0 Å². The lowest BCUT2D eigenvalue weighted by molar-refractivity contribution is -0.268. The van der Waals surface area contributed by atoms with Gasteiger partial charge in [-0.25, -0.2) is 13.6 Å². The van der Waals surface area contributed by atoms with Gasteiger partial charge in [0.2, 0.25) is 0 Å². The Labute approximate surface area is 86.9 Å². The molecular weight excluding hydrogens is 242 g/mol. The van der Waals surface area contributed by atoms with Gasteiger partial charge in [0.1, 0.15) is 0 Å². The van der Waals surface area contributed by atoms with E-state index in [0.717, 1.165) is 0 Å². The largest absolute Gasteiger partial charge is 0.462 e. The summed E-state index contributed by atoms with van der Waals surface area (Å²) in [5, 5.41) is 0. The average Bonchev–Trinajstić information content (AvgIpc) is 2.16. The third kappa shape index (κ3) is 3.42. The van der Waals surface area contributed by atoms with Gasteiger partial charge in [-0.05, 0) is 0 Å². The van der Waals surface area contributed by atoms with E-state index in [2.05, 4.69) is 11.3 Å². The number of carbonyl (C=O) groups excluding carboxylic acids is 1. The second kappa shape index (κ2) is 5.22. The predicted molar refractivity (Wildman–Crippen MR) is 41.7 cm³/mol. The Balaban J connectivity index is 4.35. The second-order valence-corrected chi connectivity index (χ2v) is 2.75. The molecule has 0 fully saturated rings. The molecule has 0 N–H and O–H groups in total. The number of esters is 1. The van der Waals surface area contributed by atoms with Crippen molar-refractivity contribution in [3.8, 4) is 0 Å². The van der Waals surface area contributed by atoms with E-state index < -0.39 is 37.3 Å². The molecule has 0 aromatic heterocycles. The van der Waals surface area contributed by atoms with Gasteiger partial charge in [-0.15, -0.1) is 0 Å². The van der Waals surface area contributed by atoms with Gasteiger partial charge in [0.05, 0.1) is 13.0 Å². The highest BCUT2D eigenvalue weighted by atomic mass is 19.3. The molecule has 0 saturated carbocycles. The lowest BCUT2D eigenvalue weighted by atomic mass is 10.1. The summed E-state index contributed by atoms with van der Waals surface area (Å²) in [6, 6.07) is 0. The molecule has 0 atom stereocenters. The van der Waals surface area contributed by atoms with E-state index in [0.29, 0.717) is 6.08 Å². The van der Waals surface area contributed by atoms with Crippen LogP contribution in [0.15, 0.2) is 12.7 Å². The molecule has 0 aromatic carbocycles. The minimum absolute atomic E-state index is 0.628. The van der Waals surface area contributed by atoms with Crippen LogP contribution < -0.4 is 0 Å². The third-order valence-electron chi connectivity index (χ3n) is 1.59. The first-order valence-corrected chi connectivity index (χ1v) is 3.98. The molecule has 0 spiro atoms. The first kappa shape index (κ1) is 14.8. The lowest BCUT2D eigenvalue weighted by Crippen LogP contribution is -2.47. The zero-order valence-corrected chi connectivity index (χ0v) is 7.86. The highest BCUT2D eigenvalue weighted by Crippen LogP contribution is 2.41. The van der Waals surface area contributed by atoms with Gasteiger partial charge in [0.25, 0.3) is 0 Å². The van der Waals surface area contributed by atoms with E-state index in [4.69, 9.17) is 0 Å². The highest BCUT2D eigenvalue weighted by molar-refractivity contribution is 5.81. The summed E-state index contributed by atoms with van der Waals surface area (Å²) >= 11 is 0. The van der Waals surface area contributed by atoms with Crippen LogP contribution in [0.2, 0.25) is 0 Å². The van der Waals surface area contributed by atoms with Crippen LogP contribution >= 0.6 is 0 Å². The highest BCUT2D eigenvalue weighted by Gasteiger charge is 2.62. The number of carbonyl (C=O) groups is 1. The second-order valence-electron chi connectivity index (χ2n) is 2.75. The fourth-order valence-corrected chi connectivity index (χ4v) is 0.665. The van der Waals surface area contributed by atoms with Crippen molar-refractivity contribution in [2.75, 3.05) is 6.61 Å². The Morgan fingerprint density at radius 2 is 1.81 bits per heavy atom. The van der Waals surface area contributed by atoms with Crippen molar-refractivity contribution >= 4 is 5.97 Å². The molecule has 0 rings (SSSR count). The van der Waals surface area contributed by atoms with E-state index in [1.54, 1.807) is 0 Å². The summed E-state index contributed by atoms with van der Waals surface area (Å²) in [5.74, 6) is -11.5. The van der Waals surface area contributed by atoms with Crippen LogP contribution in [-0.4, -0.2) is 30.8 Å². The lowest BCUT2D eigenvalue weighted by Gasteiger charge is -2.25. The van der Waals surface area contributed by atoms with E-state index in [-0.39, 0.29) is 0 Å². The number of alkyl halides is 6. The Bertz CT molecular complexity index is 263. The average molecular weight is 250 g/mol. The van der Waals surface area contributed by atoms with Crippen LogP contribution in [0, 0.1) is 0 Å². The first-order valence-electron chi connectivity index (χ1n) is 3.98. The van der Waals surface area contributed by atoms with Crippen molar-refractivity contribution in [2.45, 2.75) is 24.7 Å². The van der Waals surface area contributed by atoms with Crippen molar-refractivity contribution in [2.24, 2.45) is 0 Å². The molecule has 0 aliphatic carbocycles. The Morgan fingerprint density at radius 1 is 1.31 bits per heavy atom. The molecule has 0 amide bonds. The molecule has 0 saturated heterocycles. The van der Waals surface area contributed by atoms with Crippen LogP contribution in [0.5, 0.6) is 0 Å². The molecule has 0 heterocycles. The number of ether oxygens (including phenoxy) is 1. The fourth-order valence-electron chi connectivity index (χ4n) is 0.665. The molecule has 94 valence electrons. The van der Waals surface area contributed by atoms with Gasteiger partial charge >= 0.3 is 24.2 Å². The monoisotopic (exact) mass is 250 g/mol. The summed E-state index contributed by atoms with van der Waals surface area (Å²) in [6.07, 6.45) is -5.55. The molecule has 2 nitrogen and oxygen atoms in total. The minimum Gasteiger partial charge on any atom is -0.462 e. The Hall–Kier alpha value is -1.21. The molecule has 0 bridgehead atoms. The van der Waals surface area contributed by atoms with Crippen molar-refractivity contribution in [3.05, 3.63) is 12.7 Å². The summed E-state index contributed by atoms with van der Waals surface area (Å²) in [6.45, 7) is 1.83. The van der Waals surface area contributed by atoms with Gasteiger partial charge in [-0.1, -0.05) is 6.58 Å². The van der Waals surface area contributed by atoms with Gasteiger partial charge in [0, 0.05) is 6.08 Å². The topological polar surface area (TPSA) is 26.3 Å². The molecule has 0 radical (unpaired) electrons. The summed E-state index contributed by atoms with van der Waals surface area (Å²) in [5.41, 5.74) is 0. The summed E-state index contributed by atoms with van der Waals surface area (Å²) in [7, 11) is 0. The fraction of sp³-hybridized carbons (Fsp3) is 0.625. The Kier molecular flexibility index (Phi) is 4.82. The van der Waals surface area contributed by atoms with Crippen LogP contribution in [0.1, 0.15) is 6.42 Å². The third-order valence-corrected chi connectivity index (χ3v) is 1.59. The smallest absolute Gasteiger partial charge is 0.369 e. The van der Waals surface area contributed by atoms with Crippen molar-refractivity contribution in [1.82, 2.24) is 0 Å². The molecule has 0 aliphatic heterocycles. The number of rotatable bonds is 6. The maximum absolute atomic E-state index is 12.6. The zero-order valence-electron chi connectivity index (χ0n) is 7.86. The maximum atomic E-state index is 12.6. The van der Waals surface area contributed by atoms with Crippen LogP contribution in [0.4, 0.5) is 26.3 Å². The molecule has 0 aromatic rings. The van der Waals surface area contributed by atoms with Crippen LogP contribution in [-0.2, 0) is 9.53 Å². The molecule has 0 unspecified atom stereocenters. The van der Waals surface area contributed by atoms with Crippen LogP contribution in [0.25, 0.3) is 0 Å². The van der Waals surface area contributed by atoms with Crippen LogP contribution in [0.3, 0.4) is 0 Å². The predicted octanol–water partition coefficient (Wildman–Crippen LogP) is 2.64. The summed E-state index contributed by atoms with van der Waals surface area (Å²) in [4.78, 5) is 10.4. The van der Waals surface area contributed by atoms with Gasteiger partial charge < -0.3 is 4.74 Å². The number of halogens is 6. The van der Waals surface area contributed by atoms with E-state index in [1.807, 2.05) is 0 Å². The number of hydrogen-bond donors (Lipinski definition) is 0. The van der Waals surface area contributed by atoms with Gasteiger partial charge in [-0.2, -0.15) is 17.6 Å². The van der Waals surface area contributed by atoms with E-state index >= 15 is 0 Å². The quantitative estimate of drug-likeness (QED) is 0.411. The minimum atomic E-state index is -5.45. The normalized spacial score (nSPS) is 12.7. The first-order chi connectivity index (χ1) is 7.15. The van der Waals surface area contributed by atoms with Crippen molar-refractivity contribution in [3.63, 3.8) is 0 Å². The van der Waals surface area contributed by atoms with E-state index in [9.17, 15) is 31.1 Å². The number of hydrogen-bond acceptors (Lipinski definition) is 2. The maximum Gasteiger partial charge on any atom is 0.369 e. The van der Waals surface area contributed by atoms with Crippen molar-refractivity contribution in [1.29, 1.82) is 0 Å².